The normalized spacial score (nSPS) is 17.2. The Morgan fingerprint density at radius 1 is 0.613 bits per heavy atom. The first-order valence-electron chi connectivity index (χ1n) is 13.1. The predicted octanol–water partition coefficient (Wildman–Crippen LogP) is 7.79. The van der Waals surface area contributed by atoms with Gasteiger partial charge >= 0.3 is 12.1 Å². The number of carbonyl (C=O) groups is 2. The lowest BCUT2D eigenvalue weighted by Crippen LogP contribution is -2.46. The fourth-order valence-electron chi connectivity index (χ4n) is 2.53. The van der Waals surface area contributed by atoms with Gasteiger partial charge < -0.3 is 20.0 Å². The molecule has 0 aromatic rings. The van der Waals surface area contributed by atoms with Gasteiger partial charge in [-0.2, -0.15) is 0 Å². The Hall–Kier alpha value is -1.46. The number of urea groups is 2. The summed E-state index contributed by atoms with van der Waals surface area (Å²) in [7, 11) is 0. The van der Waals surface area contributed by atoms with Crippen LogP contribution < -0.4 is 5.32 Å². The summed E-state index contributed by atoms with van der Waals surface area (Å²) in [6, 6.07) is -0.0691. The van der Waals surface area contributed by atoms with Gasteiger partial charge in [-0.1, -0.05) is 102 Å². The highest BCUT2D eigenvalue weighted by atomic mass is 16.2. The number of hydrogen-bond donors (Lipinski definition) is 1. The third-order valence-electron chi connectivity index (χ3n) is 3.80. The van der Waals surface area contributed by atoms with Crippen molar-refractivity contribution < 1.29 is 9.59 Å². The van der Waals surface area contributed by atoms with Gasteiger partial charge in [-0.3, -0.25) is 0 Å². The number of nitrogens with zero attached hydrogens (tertiary/aromatic N) is 3. The molecule has 2 fully saturated rings. The van der Waals surface area contributed by atoms with Crippen molar-refractivity contribution in [1.29, 1.82) is 0 Å². The zero-order valence-corrected chi connectivity index (χ0v) is 24.1. The van der Waals surface area contributed by atoms with Gasteiger partial charge in [0, 0.05) is 19.6 Å². The number of rotatable bonds is 4. The number of likely N-dealkylation sites (N-methyl/N-ethyl adjacent to an activating group) is 3. The molecule has 0 spiro atoms. The average Bonchev–Trinajstić information content (AvgIpc) is 3.29. The second-order valence-corrected chi connectivity index (χ2v) is 5.66. The Morgan fingerprint density at radius 2 is 0.935 bits per heavy atom. The molecule has 4 amide bonds. The predicted molar refractivity (Wildman–Crippen MR) is 141 cm³/mol. The molecule has 0 aromatic heterocycles. The first-order valence-corrected chi connectivity index (χ1v) is 13.1. The van der Waals surface area contributed by atoms with Crippen LogP contribution in [0, 0.1) is 0 Å². The largest absolute Gasteiger partial charge is 0.323 e. The van der Waals surface area contributed by atoms with Crippen LogP contribution in [0.15, 0.2) is 0 Å². The van der Waals surface area contributed by atoms with E-state index in [2.05, 4.69) is 33.0 Å². The first kappa shape index (κ1) is 40.0. The van der Waals surface area contributed by atoms with Gasteiger partial charge in [0.1, 0.15) is 12.3 Å². The minimum absolute atomic E-state index is 0.0125. The van der Waals surface area contributed by atoms with E-state index >= 15 is 0 Å². The molecule has 31 heavy (non-hydrogen) atoms. The van der Waals surface area contributed by atoms with Crippen molar-refractivity contribution in [3.05, 3.63) is 0 Å². The van der Waals surface area contributed by atoms with Crippen LogP contribution in [0.25, 0.3) is 0 Å². The van der Waals surface area contributed by atoms with E-state index in [1.165, 1.54) is 19.3 Å². The van der Waals surface area contributed by atoms with E-state index in [4.69, 9.17) is 0 Å². The van der Waals surface area contributed by atoms with E-state index in [0.717, 1.165) is 0 Å². The van der Waals surface area contributed by atoms with Crippen LogP contribution in [0.1, 0.15) is 123 Å². The highest BCUT2D eigenvalue weighted by Crippen LogP contribution is 2.28. The van der Waals surface area contributed by atoms with E-state index in [9.17, 15) is 9.59 Å². The summed E-state index contributed by atoms with van der Waals surface area (Å²) in [5.74, 6) is 0. The molecule has 2 atom stereocenters. The molecule has 0 aromatic carbocycles. The van der Waals surface area contributed by atoms with Crippen LogP contribution >= 0.6 is 0 Å². The molecule has 192 valence electrons. The summed E-state index contributed by atoms with van der Waals surface area (Å²) < 4.78 is 0. The Kier molecular flexibility index (Phi) is 39.6. The van der Waals surface area contributed by atoms with Crippen molar-refractivity contribution in [3.8, 4) is 0 Å². The minimum Gasteiger partial charge on any atom is -0.314 e. The lowest BCUT2D eigenvalue weighted by atomic mass is 10.3. The maximum Gasteiger partial charge on any atom is 0.323 e. The van der Waals surface area contributed by atoms with Crippen molar-refractivity contribution in [2.75, 3.05) is 19.6 Å². The Balaban J connectivity index is -0.000000126. The van der Waals surface area contributed by atoms with Crippen molar-refractivity contribution in [2.24, 2.45) is 0 Å². The van der Waals surface area contributed by atoms with Crippen molar-refractivity contribution in [1.82, 2.24) is 20.0 Å². The highest BCUT2D eigenvalue weighted by Gasteiger charge is 2.53. The van der Waals surface area contributed by atoms with E-state index in [1.807, 2.05) is 76.2 Å². The topological polar surface area (TPSA) is 55.9 Å². The quantitative estimate of drug-likeness (QED) is 0.477. The number of nitrogens with one attached hydrogen (secondary N) is 1. The number of carbonyl (C=O) groups excluding carboxylic acids is 2. The van der Waals surface area contributed by atoms with Gasteiger partial charge in [0.2, 0.25) is 0 Å². The maximum absolute atomic E-state index is 12.0. The molecule has 0 aliphatic carbocycles. The molecule has 0 radical (unpaired) electrons. The van der Waals surface area contributed by atoms with Crippen molar-refractivity contribution >= 4 is 12.1 Å². The molecule has 2 saturated heterocycles. The second kappa shape index (κ2) is 30.7. The van der Waals surface area contributed by atoms with E-state index in [0.29, 0.717) is 19.6 Å². The monoisotopic (exact) mass is 448 g/mol. The Bertz CT molecular complexity index is 361. The summed E-state index contributed by atoms with van der Waals surface area (Å²) in [5.41, 5.74) is 0. The lowest BCUT2D eigenvalue weighted by Gasteiger charge is -2.27. The van der Waals surface area contributed by atoms with Crippen LogP contribution in [0.2, 0.25) is 0 Å². The van der Waals surface area contributed by atoms with Gasteiger partial charge in [0.15, 0.2) is 0 Å². The minimum atomic E-state index is -0.190. The number of amides is 4. The van der Waals surface area contributed by atoms with Gasteiger partial charge in [-0.05, 0) is 20.8 Å². The van der Waals surface area contributed by atoms with Gasteiger partial charge in [-0.25, -0.2) is 9.59 Å². The van der Waals surface area contributed by atoms with Crippen LogP contribution in [-0.2, 0) is 0 Å². The third kappa shape index (κ3) is 14.3. The van der Waals surface area contributed by atoms with Gasteiger partial charge in [0.05, 0.1) is 0 Å². The molecule has 6 nitrogen and oxygen atoms in total. The zero-order chi connectivity index (χ0) is 26.0. The Morgan fingerprint density at radius 3 is 1.19 bits per heavy atom. The van der Waals surface area contributed by atoms with Crippen LogP contribution in [0.5, 0.6) is 0 Å². The van der Waals surface area contributed by atoms with Crippen LogP contribution in [0.4, 0.5) is 9.59 Å². The average molecular weight is 449 g/mol. The third-order valence-corrected chi connectivity index (χ3v) is 3.80. The van der Waals surface area contributed by atoms with E-state index < -0.39 is 0 Å². The summed E-state index contributed by atoms with van der Waals surface area (Å²) in [6.45, 7) is 32.3. The summed E-state index contributed by atoms with van der Waals surface area (Å²) in [5, 5.41) is 2.86. The molecule has 2 unspecified atom stereocenters. The zero-order valence-electron chi connectivity index (χ0n) is 24.1. The van der Waals surface area contributed by atoms with Gasteiger partial charge in [-0.15, -0.1) is 0 Å². The molecular formula is C25H60N4O2. The molecular weight excluding hydrogens is 388 g/mol. The molecule has 0 bridgehead atoms. The molecule has 2 rings (SSSR count). The summed E-state index contributed by atoms with van der Waals surface area (Å²) in [4.78, 5) is 28.9. The van der Waals surface area contributed by atoms with Crippen molar-refractivity contribution in [3.63, 3.8) is 0 Å². The fourth-order valence-corrected chi connectivity index (χ4v) is 2.53. The number of hydrogen-bond acceptors (Lipinski definition) is 2. The molecule has 6 heteroatoms. The summed E-state index contributed by atoms with van der Waals surface area (Å²) >= 11 is 0. The second-order valence-electron chi connectivity index (χ2n) is 5.66. The first-order chi connectivity index (χ1) is 15.0. The molecule has 2 aliphatic rings. The van der Waals surface area contributed by atoms with Crippen molar-refractivity contribution in [2.45, 2.75) is 135 Å². The van der Waals surface area contributed by atoms with E-state index in [-0.39, 0.29) is 24.4 Å². The molecule has 2 aliphatic heterocycles. The smallest absolute Gasteiger partial charge is 0.314 e. The lowest BCUT2D eigenvalue weighted by molar-refractivity contribution is 0.136. The summed E-state index contributed by atoms with van der Waals surface area (Å²) in [6.07, 6.45) is 3.56. The molecule has 0 saturated carbocycles. The van der Waals surface area contributed by atoms with E-state index in [1.54, 1.807) is 14.7 Å². The number of fused-ring (bicyclic) bond motifs is 1. The number of unbranched alkanes of at least 4 members (excludes halogenated alkanes) is 1. The molecule has 2 heterocycles. The SMILES string of the molecule is CC.CC.CC.CC.CCC.CCCC.CCN1C(=O)N(CC)C2C1NC(=O)N2CC. The van der Waals surface area contributed by atoms with Crippen LogP contribution in [-0.4, -0.2) is 58.7 Å². The fraction of sp³-hybridized carbons (Fsp3) is 0.920. The Labute approximate surface area is 197 Å². The maximum atomic E-state index is 12.0. The van der Waals surface area contributed by atoms with Gasteiger partial charge in [0.25, 0.3) is 0 Å². The van der Waals surface area contributed by atoms with Crippen LogP contribution in [0.3, 0.4) is 0 Å². The molecule has 1 N–H and O–H groups in total. The highest BCUT2D eigenvalue weighted by molar-refractivity contribution is 5.85. The standard InChI is InChI=1S/C10H18N4O2.C4H10.C3H8.4C2H6/c1-4-12-7-8(14(6-3)10(12)16)13(5-2)9(15)11-7;1-3-4-2;1-3-2;4*1-2/h7-8H,4-6H2,1-3H3,(H,11,15);3-4H2,1-2H3;3H2,1-2H3;4*1-2H3.